The number of benzene rings is 1. The van der Waals surface area contributed by atoms with E-state index in [0.717, 1.165) is 49.0 Å². The first-order chi connectivity index (χ1) is 10.3. The van der Waals surface area contributed by atoms with Crippen molar-refractivity contribution in [2.45, 2.75) is 43.0 Å². The Kier molecular flexibility index (Phi) is 7.61. The Morgan fingerprint density at radius 3 is 2.95 bits per heavy atom. The summed E-state index contributed by atoms with van der Waals surface area (Å²) in [5.41, 5.74) is 0. The number of amides is 1. The third-order valence-corrected chi connectivity index (χ3v) is 5.71. The third kappa shape index (κ3) is 6.01. The summed E-state index contributed by atoms with van der Waals surface area (Å²) in [6.45, 7) is 1.76. The second kappa shape index (κ2) is 9.49. The molecule has 0 aliphatic carbocycles. The highest BCUT2D eigenvalue weighted by atomic mass is 79.9. The molecule has 0 spiro atoms. The van der Waals surface area contributed by atoms with Crippen molar-refractivity contribution < 1.29 is 4.79 Å². The Bertz CT molecular complexity index is 450. The fourth-order valence-corrected chi connectivity index (χ4v) is 3.96. The standard InChI is InChI=1S/C16H23BrN2OS/c17-13-7-1-2-9-15(13)21-12-6-5-11-19-16(20)14-8-3-4-10-18-14/h1-2,7,9,14,18H,3-6,8,10-12H2,(H,19,20). The lowest BCUT2D eigenvalue weighted by Gasteiger charge is -2.22. The van der Waals surface area contributed by atoms with E-state index >= 15 is 0 Å². The van der Waals surface area contributed by atoms with Crippen LogP contribution in [0.4, 0.5) is 0 Å². The van der Waals surface area contributed by atoms with Crippen molar-refractivity contribution in [1.29, 1.82) is 0 Å². The van der Waals surface area contributed by atoms with Crippen molar-refractivity contribution >= 4 is 33.6 Å². The predicted octanol–water partition coefficient (Wildman–Crippen LogP) is 3.58. The number of hydrogen-bond donors (Lipinski definition) is 2. The van der Waals surface area contributed by atoms with Crippen LogP contribution in [0.25, 0.3) is 0 Å². The number of halogens is 1. The van der Waals surface area contributed by atoms with Gasteiger partial charge in [0.1, 0.15) is 0 Å². The van der Waals surface area contributed by atoms with Gasteiger partial charge in [-0.25, -0.2) is 0 Å². The average molecular weight is 371 g/mol. The summed E-state index contributed by atoms with van der Waals surface area (Å²) in [6.07, 6.45) is 5.48. The van der Waals surface area contributed by atoms with Gasteiger partial charge in [0, 0.05) is 15.9 Å². The van der Waals surface area contributed by atoms with Gasteiger partial charge in [-0.1, -0.05) is 18.6 Å². The SMILES string of the molecule is O=C(NCCCCSc1ccccc1Br)C1CCCCN1. The van der Waals surface area contributed by atoms with Gasteiger partial charge in [-0.05, 0) is 66.0 Å². The first-order valence-electron chi connectivity index (χ1n) is 7.66. The maximum Gasteiger partial charge on any atom is 0.237 e. The van der Waals surface area contributed by atoms with Gasteiger partial charge in [-0.3, -0.25) is 4.79 Å². The second-order valence-corrected chi connectivity index (χ2v) is 7.27. The summed E-state index contributed by atoms with van der Waals surface area (Å²) < 4.78 is 1.16. The molecule has 0 aromatic heterocycles. The normalized spacial score (nSPS) is 18.4. The Labute approximate surface area is 139 Å². The van der Waals surface area contributed by atoms with Crippen LogP contribution >= 0.6 is 27.7 Å². The smallest absolute Gasteiger partial charge is 0.237 e. The number of thioether (sulfide) groups is 1. The van der Waals surface area contributed by atoms with E-state index in [0.29, 0.717) is 0 Å². The van der Waals surface area contributed by atoms with Crippen molar-refractivity contribution in [3.63, 3.8) is 0 Å². The van der Waals surface area contributed by atoms with Gasteiger partial charge in [0.15, 0.2) is 0 Å². The third-order valence-electron chi connectivity index (χ3n) is 3.59. The van der Waals surface area contributed by atoms with Crippen molar-refractivity contribution in [2.24, 2.45) is 0 Å². The zero-order valence-corrected chi connectivity index (χ0v) is 14.6. The molecule has 1 heterocycles. The number of unbranched alkanes of at least 4 members (excludes halogenated alkanes) is 1. The molecule has 0 radical (unpaired) electrons. The lowest BCUT2D eigenvalue weighted by atomic mass is 10.0. The summed E-state index contributed by atoms with van der Waals surface area (Å²) in [4.78, 5) is 13.2. The highest BCUT2D eigenvalue weighted by molar-refractivity contribution is 9.10. The van der Waals surface area contributed by atoms with Gasteiger partial charge >= 0.3 is 0 Å². The zero-order chi connectivity index (χ0) is 14.9. The summed E-state index contributed by atoms with van der Waals surface area (Å²) in [6, 6.07) is 8.33. The molecule has 116 valence electrons. The summed E-state index contributed by atoms with van der Waals surface area (Å²) in [7, 11) is 0. The van der Waals surface area contributed by atoms with Gasteiger partial charge in [-0.15, -0.1) is 11.8 Å². The van der Waals surface area contributed by atoms with Crippen molar-refractivity contribution in [3.8, 4) is 0 Å². The molecule has 1 atom stereocenters. The number of carbonyl (C=O) groups excluding carboxylic acids is 1. The molecule has 1 saturated heterocycles. The fraction of sp³-hybridized carbons (Fsp3) is 0.562. The Hall–Kier alpha value is -0.520. The second-order valence-electron chi connectivity index (χ2n) is 5.28. The van der Waals surface area contributed by atoms with Crippen LogP contribution < -0.4 is 10.6 Å². The average Bonchev–Trinajstić information content (AvgIpc) is 2.53. The summed E-state index contributed by atoms with van der Waals surface area (Å²) in [5, 5.41) is 6.32. The van der Waals surface area contributed by atoms with Crippen molar-refractivity contribution in [2.75, 3.05) is 18.8 Å². The van der Waals surface area contributed by atoms with Crippen LogP contribution in [0.1, 0.15) is 32.1 Å². The highest BCUT2D eigenvalue weighted by Crippen LogP contribution is 2.27. The van der Waals surface area contributed by atoms with Crippen LogP contribution in [0.2, 0.25) is 0 Å². The molecule has 1 unspecified atom stereocenters. The van der Waals surface area contributed by atoms with E-state index in [9.17, 15) is 4.79 Å². The number of hydrogen-bond acceptors (Lipinski definition) is 3. The monoisotopic (exact) mass is 370 g/mol. The van der Waals surface area contributed by atoms with Gasteiger partial charge in [0.05, 0.1) is 6.04 Å². The van der Waals surface area contributed by atoms with Gasteiger partial charge in [0.25, 0.3) is 0 Å². The van der Waals surface area contributed by atoms with Gasteiger partial charge < -0.3 is 10.6 Å². The zero-order valence-electron chi connectivity index (χ0n) is 12.2. The van der Waals surface area contributed by atoms with Gasteiger partial charge in [-0.2, -0.15) is 0 Å². The lowest BCUT2D eigenvalue weighted by Crippen LogP contribution is -2.46. The molecular weight excluding hydrogens is 348 g/mol. The molecule has 2 rings (SSSR count). The van der Waals surface area contributed by atoms with E-state index in [2.05, 4.69) is 44.8 Å². The molecule has 1 aliphatic rings. The summed E-state index contributed by atoms with van der Waals surface area (Å²) in [5.74, 6) is 1.26. The fourth-order valence-electron chi connectivity index (χ4n) is 2.38. The molecule has 5 heteroatoms. The molecule has 1 fully saturated rings. The lowest BCUT2D eigenvalue weighted by molar-refractivity contribution is -0.123. The Balaban J connectivity index is 1.54. The molecule has 2 N–H and O–H groups in total. The largest absolute Gasteiger partial charge is 0.355 e. The van der Waals surface area contributed by atoms with E-state index in [1.54, 1.807) is 0 Å². The molecule has 1 aromatic carbocycles. The first kappa shape index (κ1) is 16.8. The minimum Gasteiger partial charge on any atom is -0.355 e. The van der Waals surface area contributed by atoms with Crippen LogP contribution in [-0.4, -0.2) is 30.8 Å². The van der Waals surface area contributed by atoms with E-state index in [-0.39, 0.29) is 11.9 Å². The molecule has 0 bridgehead atoms. The van der Waals surface area contributed by atoms with Crippen LogP contribution in [0.3, 0.4) is 0 Å². The minimum absolute atomic E-state index is 0.0356. The van der Waals surface area contributed by atoms with E-state index < -0.39 is 0 Å². The van der Waals surface area contributed by atoms with E-state index in [1.807, 2.05) is 17.8 Å². The first-order valence-corrected chi connectivity index (χ1v) is 9.43. The molecule has 1 aromatic rings. The van der Waals surface area contributed by atoms with Crippen molar-refractivity contribution in [1.82, 2.24) is 10.6 Å². The maximum absolute atomic E-state index is 11.9. The Morgan fingerprint density at radius 2 is 2.19 bits per heavy atom. The maximum atomic E-state index is 11.9. The predicted molar refractivity (Wildman–Crippen MR) is 92.8 cm³/mol. The summed E-state index contributed by atoms with van der Waals surface area (Å²) >= 11 is 5.42. The minimum atomic E-state index is 0.0356. The van der Waals surface area contributed by atoms with Crippen molar-refractivity contribution in [3.05, 3.63) is 28.7 Å². The van der Waals surface area contributed by atoms with Crippen LogP contribution in [0, 0.1) is 0 Å². The van der Waals surface area contributed by atoms with Gasteiger partial charge in [0.2, 0.25) is 5.91 Å². The van der Waals surface area contributed by atoms with Crippen LogP contribution in [-0.2, 0) is 4.79 Å². The molecule has 1 aliphatic heterocycles. The van der Waals surface area contributed by atoms with Crippen LogP contribution in [0.5, 0.6) is 0 Å². The Morgan fingerprint density at radius 1 is 1.33 bits per heavy atom. The number of carbonyl (C=O) groups is 1. The van der Waals surface area contributed by atoms with E-state index in [1.165, 1.54) is 11.3 Å². The molecule has 3 nitrogen and oxygen atoms in total. The molecule has 0 saturated carbocycles. The number of piperidine rings is 1. The molecule has 21 heavy (non-hydrogen) atoms. The van der Waals surface area contributed by atoms with Crippen LogP contribution in [0.15, 0.2) is 33.6 Å². The molecule has 1 amide bonds. The van der Waals surface area contributed by atoms with E-state index in [4.69, 9.17) is 0 Å². The molecular formula is C16H23BrN2OS. The topological polar surface area (TPSA) is 41.1 Å². The number of rotatable bonds is 7. The number of nitrogens with one attached hydrogen (secondary N) is 2. The quantitative estimate of drug-likeness (QED) is 0.569. The highest BCUT2D eigenvalue weighted by Gasteiger charge is 2.19.